The van der Waals surface area contributed by atoms with Gasteiger partial charge in [0, 0.05) is 0 Å². The molecular weight excluding hydrogens is 575 g/mol. The molecule has 0 nitrogen and oxygen atoms in total. The van der Waals surface area contributed by atoms with Crippen LogP contribution in [0.5, 0.6) is 0 Å². The predicted molar refractivity (Wildman–Crippen MR) is 182 cm³/mol. The van der Waals surface area contributed by atoms with Gasteiger partial charge in [-0.1, -0.05) is 39.5 Å². The van der Waals surface area contributed by atoms with Crippen LogP contribution in [0.2, 0.25) is 0 Å². The topological polar surface area (TPSA) is 0 Å². The van der Waals surface area contributed by atoms with Crippen molar-refractivity contribution in [3.63, 3.8) is 0 Å². The van der Waals surface area contributed by atoms with Gasteiger partial charge in [-0.25, -0.2) is 0 Å². The van der Waals surface area contributed by atoms with E-state index in [2.05, 4.69) is 72.9 Å². The molecule has 0 aliphatic rings. The number of rotatable bonds is 18. The van der Waals surface area contributed by atoms with E-state index in [4.69, 9.17) is 0 Å². The molecule has 3 heterocycles. The van der Waals surface area contributed by atoms with Crippen molar-refractivity contribution in [2.75, 3.05) is 0 Å². The number of hydrogen-bond acceptors (Lipinski definition) is 2. The molecule has 39 heavy (non-hydrogen) atoms. The quantitative estimate of drug-likeness (QED) is 0.0673. The molecule has 0 atom stereocenters. The zero-order chi connectivity index (χ0) is 26.9. The van der Waals surface area contributed by atoms with Gasteiger partial charge in [0.1, 0.15) is 0 Å². The Kier molecular flexibility index (Phi) is 11.5. The Bertz CT molecular complexity index is 1340. The third-order valence-corrected chi connectivity index (χ3v) is 13.1. The van der Waals surface area contributed by atoms with Gasteiger partial charge in [0.15, 0.2) is 0 Å². The summed E-state index contributed by atoms with van der Waals surface area (Å²) in [6.45, 7) is 4.60. The van der Waals surface area contributed by atoms with E-state index in [1.54, 1.807) is 18.3 Å². The molecule has 0 N–H and O–H groups in total. The Morgan fingerprint density at radius 1 is 0.462 bits per heavy atom. The molecule has 5 rings (SSSR count). The van der Waals surface area contributed by atoms with Crippen LogP contribution in [0.4, 0.5) is 0 Å². The van der Waals surface area contributed by atoms with Crippen LogP contribution in [0.3, 0.4) is 0 Å². The molecule has 0 saturated heterocycles. The average Bonchev–Trinajstić information content (AvgIpc) is 3.62. The number of aryl methyl sites for hydroxylation is 2. The zero-order valence-electron chi connectivity index (χ0n) is 24.4. The van der Waals surface area contributed by atoms with Crippen LogP contribution < -0.4 is 0 Å². The summed E-state index contributed by atoms with van der Waals surface area (Å²) in [4.78, 5) is 3.18. The number of unbranched alkanes of at least 4 members (excludes halogenated alkanes) is 14. The Hall–Kier alpha value is -1.12. The van der Waals surface area contributed by atoms with Gasteiger partial charge in [-0.3, -0.25) is 0 Å². The molecule has 0 spiro atoms. The summed E-state index contributed by atoms with van der Waals surface area (Å²) in [5, 5.41) is 5.98. The summed E-state index contributed by atoms with van der Waals surface area (Å²) in [6.07, 6.45) is 25.0. The molecule has 0 unspecified atom stereocenters. The maximum absolute atomic E-state index is 2.54. The van der Waals surface area contributed by atoms with Crippen molar-refractivity contribution >= 4 is 76.6 Å². The molecule has 0 bridgehead atoms. The van der Waals surface area contributed by atoms with E-state index in [9.17, 15) is 0 Å². The molecule has 5 aromatic rings. The van der Waals surface area contributed by atoms with Gasteiger partial charge in [-0.15, -0.1) is 0 Å². The predicted octanol–water partition coefficient (Wildman–Crippen LogP) is 12.8. The minimum atomic E-state index is 0.441. The van der Waals surface area contributed by atoms with E-state index in [1.807, 2.05) is 0 Å². The van der Waals surface area contributed by atoms with Crippen molar-refractivity contribution in [2.45, 2.75) is 129 Å². The van der Waals surface area contributed by atoms with Gasteiger partial charge in [-0.05, 0) is 0 Å². The molecule has 0 radical (unpaired) electrons. The molecule has 0 aliphatic carbocycles. The first-order valence-corrected chi connectivity index (χ1v) is 19.4. The Balaban J connectivity index is 1.19. The van der Waals surface area contributed by atoms with Crippen LogP contribution in [-0.4, -0.2) is 14.5 Å². The van der Waals surface area contributed by atoms with Gasteiger partial charge in [0.2, 0.25) is 0 Å². The SMILES string of the molecule is CCCCCCCCCCc1cc2cc3c(cc2s1)[se]c1cc2sc(CCCCCCCCCC)cc2cc13. The zero-order valence-corrected chi connectivity index (χ0v) is 27.8. The molecule has 0 aliphatic heterocycles. The number of thiophene rings is 2. The van der Waals surface area contributed by atoms with Crippen LogP contribution >= 0.6 is 22.7 Å². The molecule has 3 heteroatoms. The van der Waals surface area contributed by atoms with E-state index < -0.39 is 0 Å². The first-order valence-electron chi connectivity index (χ1n) is 16.1. The molecule has 0 saturated carbocycles. The van der Waals surface area contributed by atoms with Gasteiger partial charge >= 0.3 is 213 Å². The van der Waals surface area contributed by atoms with E-state index >= 15 is 0 Å². The normalized spacial score (nSPS) is 12.2. The second-order valence-corrected chi connectivity index (χ2v) is 16.4. The summed E-state index contributed by atoms with van der Waals surface area (Å²) in [7, 11) is 0. The van der Waals surface area contributed by atoms with Gasteiger partial charge in [0.25, 0.3) is 0 Å². The van der Waals surface area contributed by atoms with E-state index in [0.717, 1.165) is 0 Å². The van der Waals surface area contributed by atoms with Crippen LogP contribution in [0.15, 0.2) is 36.4 Å². The minimum absolute atomic E-state index is 0.441. The average molecular weight is 624 g/mol. The van der Waals surface area contributed by atoms with Crippen LogP contribution in [0.25, 0.3) is 39.5 Å². The van der Waals surface area contributed by atoms with Gasteiger partial charge in [0.05, 0.1) is 0 Å². The number of hydrogen-bond donors (Lipinski definition) is 0. The van der Waals surface area contributed by atoms with Gasteiger partial charge in [-0.2, -0.15) is 0 Å². The first kappa shape index (κ1) is 29.4. The molecule has 210 valence electrons. The maximum atomic E-state index is 2.54. The second kappa shape index (κ2) is 15.2. The fraction of sp³-hybridized carbons (Fsp3) is 0.556. The third kappa shape index (κ3) is 8.00. The Morgan fingerprint density at radius 2 is 0.846 bits per heavy atom. The first-order chi connectivity index (χ1) is 19.2. The van der Waals surface area contributed by atoms with Crippen molar-refractivity contribution < 1.29 is 0 Å². The summed E-state index contributed by atoms with van der Waals surface area (Å²) < 4.78 is 6.21. The van der Waals surface area contributed by atoms with Crippen molar-refractivity contribution in [3.05, 3.63) is 46.2 Å². The summed E-state index contributed by atoms with van der Waals surface area (Å²) in [5.74, 6) is 0. The Morgan fingerprint density at radius 3 is 1.26 bits per heavy atom. The monoisotopic (exact) mass is 624 g/mol. The summed E-state index contributed by atoms with van der Waals surface area (Å²) in [6, 6.07) is 15.1. The van der Waals surface area contributed by atoms with Crippen molar-refractivity contribution in [3.8, 4) is 0 Å². The standard InChI is InChI=1S/C36H48S2Se/c1-3-5-7-9-11-13-15-17-19-29-21-27-23-31-32-24-28-22-30(20-18-16-14-12-10-8-6-4-2)38-34(28)26-36(32)39-35(31)25-33(27)37-29/h21-26H,3-20H2,1-2H3. The summed E-state index contributed by atoms with van der Waals surface area (Å²) >= 11 is 4.54. The van der Waals surface area contributed by atoms with Crippen molar-refractivity contribution in [2.24, 2.45) is 0 Å². The number of fused-ring (bicyclic) bond motifs is 5. The van der Waals surface area contributed by atoms with Crippen molar-refractivity contribution in [1.82, 2.24) is 0 Å². The fourth-order valence-electron chi connectivity index (χ4n) is 6.07. The third-order valence-electron chi connectivity index (χ3n) is 8.40. The fourth-order valence-corrected chi connectivity index (χ4v) is 11.1. The van der Waals surface area contributed by atoms with E-state index in [0.29, 0.717) is 14.5 Å². The molecule has 3 aromatic heterocycles. The summed E-state index contributed by atoms with van der Waals surface area (Å²) in [5.41, 5.74) is 0. The van der Waals surface area contributed by atoms with Crippen molar-refractivity contribution in [1.29, 1.82) is 0 Å². The van der Waals surface area contributed by atoms with Gasteiger partial charge < -0.3 is 0 Å². The van der Waals surface area contributed by atoms with E-state index in [1.165, 1.54) is 147 Å². The molecule has 0 amide bonds. The van der Waals surface area contributed by atoms with E-state index in [-0.39, 0.29) is 0 Å². The number of benzene rings is 2. The van der Waals surface area contributed by atoms with Crippen LogP contribution in [0.1, 0.15) is 126 Å². The Labute approximate surface area is 250 Å². The molecule has 0 fully saturated rings. The van der Waals surface area contributed by atoms with Crippen LogP contribution in [-0.2, 0) is 12.8 Å². The van der Waals surface area contributed by atoms with Crippen LogP contribution in [0, 0.1) is 0 Å². The second-order valence-electron chi connectivity index (χ2n) is 11.7. The molecular formula is C36H48S2Se. The molecule has 2 aromatic carbocycles.